The number of aliphatic hydroxyl groups is 1. The van der Waals surface area contributed by atoms with E-state index in [0.29, 0.717) is 4.57 Å². The lowest BCUT2D eigenvalue weighted by Crippen LogP contribution is -2.46. The van der Waals surface area contributed by atoms with Crippen LogP contribution in [-0.4, -0.2) is 86.1 Å². The lowest BCUT2D eigenvalue weighted by Gasteiger charge is -2.27. The number of fused-ring (bicyclic) bond motifs is 2. The van der Waals surface area contributed by atoms with Crippen LogP contribution in [0.5, 0.6) is 34.5 Å². The normalized spacial score (nSPS) is 21.7. The van der Waals surface area contributed by atoms with E-state index in [-0.39, 0.29) is 64.8 Å². The maximum absolute atomic E-state index is 16.2. The molecule has 1 saturated heterocycles. The number of hydrogen-bond donors (Lipinski definition) is 2. The molecule has 3 aliphatic heterocycles. The molecule has 4 atom stereocenters. The van der Waals surface area contributed by atoms with Crippen LogP contribution in [0.3, 0.4) is 0 Å². The zero-order valence-electron chi connectivity index (χ0n) is 25.1. The summed E-state index contributed by atoms with van der Waals surface area (Å²) in [7, 11) is 3.71. The van der Waals surface area contributed by atoms with Crippen molar-refractivity contribution in [2.24, 2.45) is 5.11 Å². The van der Waals surface area contributed by atoms with Gasteiger partial charge in [-0.25, -0.2) is 18.8 Å². The third kappa shape index (κ3) is 4.94. The maximum atomic E-state index is 16.2. The zero-order chi connectivity index (χ0) is 34.3. The van der Waals surface area contributed by atoms with Crippen LogP contribution in [0.4, 0.5) is 4.39 Å². The van der Waals surface area contributed by atoms with E-state index in [9.17, 15) is 29.8 Å². The van der Waals surface area contributed by atoms with Gasteiger partial charge in [-0.05, 0) is 17.7 Å². The number of aromatic nitrogens is 2. The van der Waals surface area contributed by atoms with Crippen molar-refractivity contribution in [1.82, 2.24) is 9.55 Å². The summed E-state index contributed by atoms with van der Waals surface area (Å²) in [6.07, 6.45) is -5.71. The number of H-pyrrole nitrogens is 1. The minimum atomic E-state index is -2.60. The quantitative estimate of drug-likeness (QED) is 0.142. The fourth-order valence-electron chi connectivity index (χ4n) is 5.54. The molecule has 19 nitrogen and oxygen atoms in total. The van der Waals surface area contributed by atoms with Gasteiger partial charge in [0.25, 0.3) is 5.56 Å². The second-order valence-corrected chi connectivity index (χ2v) is 10.1. The van der Waals surface area contributed by atoms with Gasteiger partial charge in [0.2, 0.25) is 30.8 Å². The number of nitrogens with zero attached hydrogens (tertiary/aromatic N) is 4. The second-order valence-electron chi connectivity index (χ2n) is 10.1. The van der Waals surface area contributed by atoms with Crippen molar-refractivity contribution < 1.29 is 61.7 Å². The zero-order valence-corrected chi connectivity index (χ0v) is 25.1. The van der Waals surface area contributed by atoms with Crippen LogP contribution in [-0.2, 0) is 14.2 Å². The van der Waals surface area contributed by atoms with Crippen molar-refractivity contribution in [3.05, 3.63) is 66.8 Å². The van der Waals surface area contributed by atoms with E-state index in [4.69, 9.17) is 42.6 Å². The molecule has 0 unspecified atom stereocenters. The molecule has 1 fully saturated rings. The predicted octanol–water partition coefficient (Wildman–Crippen LogP) is 1.56. The Morgan fingerprint density at radius 3 is 2.08 bits per heavy atom. The van der Waals surface area contributed by atoms with Crippen LogP contribution in [0, 0.1) is 0 Å². The third-order valence-electron chi connectivity index (χ3n) is 7.66. The van der Waals surface area contributed by atoms with Gasteiger partial charge in [-0.15, -0.1) is 0 Å². The fraction of sp³-hybridized carbons (Fsp3) is 0.357. The number of aromatic amines is 1. The number of methoxy groups -OCH3 is 3. The molecule has 0 spiro atoms. The summed E-state index contributed by atoms with van der Waals surface area (Å²) in [5, 5.41) is 13.7. The van der Waals surface area contributed by atoms with Gasteiger partial charge in [-0.2, -0.15) is 0 Å². The Hall–Kier alpha value is -5.98. The fourth-order valence-corrected chi connectivity index (χ4v) is 5.54. The Labute approximate surface area is 266 Å². The van der Waals surface area contributed by atoms with Gasteiger partial charge in [0.1, 0.15) is 0 Å². The molecule has 48 heavy (non-hydrogen) atoms. The van der Waals surface area contributed by atoms with Crippen molar-refractivity contribution >= 4 is 11.9 Å². The van der Waals surface area contributed by atoms with E-state index < -0.39 is 59.6 Å². The number of hydrogen-bond acceptors (Lipinski definition) is 15. The molecule has 3 aliphatic rings. The minimum absolute atomic E-state index is 0.0206. The minimum Gasteiger partial charge on any atom is -0.493 e. The molecule has 0 bridgehead atoms. The number of rotatable bonds is 9. The first-order chi connectivity index (χ1) is 23.1. The van der Waals surface area contributed by atoms with E-state index in [1.807, 2.05) is 4.98 Å². The molecule has 0 radical (unpaired) electrons. The highest BCUT2D eigenvalue weighted by molar-refractivity contribution is 6.08. The first-order valence-corrected chi connectivity index (χ1v) is 13.7. The molecule has 3 aromatic rings. The average Bonchev–Trinajstić information content (AvgIpc) is 3.83. The lowest BCUT2D eigenvalue weighted by molar-refractivity contribution is -0.126. The van der Waals surface area contributed by atoms with Crippen LogP contribution in [0.25, 0.3) is 21.6 Å². The molecule has 1 aromatic heterocycles. The molecule has 4 heterocycles. The highest BCUT2D eigenvalue weighted by Crippen LogP contribution is 2.57. The molecule has 6 rings (SSSR count). The van der Waals surface area contributed by atoms with Crippen molar-refractivity contribution in [2.75, 3.05) is 41.5 Å². The largest absolute Gasteiger partial charge is 0.493 e. The van der Waals surface area contributed by atoms with E-state index >= 15 is 4.39 Å². The summed E-state index contributed by atoms with van der Waals surface area (Å²) < 4.78 is 66.3. The third-order valence-corrected chi connectivity index (χ3v) is 7.66. The highest BCUT2D eigenvalue weighted by atomic mass is 19.1. The number of esters is 2. The predicted molar refractivity (Wildman–Crippen MR) is 153 cm³/mol. The Balaban J connectivity index is 1.54. The Kier molecular flexibility index (Phi) is 8.21. The number of azide groups is 1. The van der Waals surface area contributed by atoms with E-state index in [0.717, 1.165) is 25.4 Å². The molecule has 0 aliphatic carbocycles. The number of alkyl halides is 1. The number of halogens is 1. The monoisotopic (exact) mass is 673 g/mol. The van der Waals surface area contributed by atoms with Crippen molar-refractivity contribution in [3.8, 4) is 45.6 Å². The van der Waals surface area contributed by atoms with Gasteiger partial charge in [-0.1, -0.05) is 5.11 Å². The van der Waals surface area contributed by atoms with Gasteiger partial charge >= 0.3 is 17.6 Å². The first-order valence-electron chi connectivity index (χ1n) is 13.7. The smallest absolute Gasteiger partial charge is 0.339 e. The van der Waals surface area contributed by atoms with E-state index in [1.54, 1.807) is 0 Å². The second kappa shape index (κ2) is 12.3. The van der Waals surface area contributed by atoms with Gasteiger partial charge < -0.3 is 47.7 Å². The summed E-state index contributed by atoms with van der Waals surface area (Å²) >= 11 is 0. The number of carbonyl (C=O) groups is 2. The first kappa shape index (κ1) is 32.0. The summed E-state index contributed by atoms with van der Waals surface area (Å²) in [6.45, 7) is -1.87. The molecular weight excluding hydrogens is 649 g/mol. The van der Waals surface area contributed by atoms with Crippen molar-refractivity contribution in [3.63, 3.8) is 0 Å². The summed E-state index contributed by atoms with van der Waals surface area (Å²) in [5.74, 6) is -2.27. The average molecular weight is 674 g/mol. The molecule has 252 valence electrons. The molecular formula is C28H24FN5O14. The molecule has 2 aromatic carbocycles. The topological polar surface area (TPSA) is 241 Å². The number of ether oxygens (including phenoxy) is 9. The molecule has 0 saturated carbocycles. The standard InChI is InChI=1S/C28H24FN5O14/c1-40-13-6-11(25(37)42-3)16(21-19(13)43-9-45-21)17-12(7-14(41-2)20-22(17)46-10-44-20)26(38)47-23-18(29)24(48-28(23,8-35)32-33-30)34-5-4-15(36)31-27(34)39/h4-7,18,23-24,35H,8-10H2,1-3H3,(H,31,36,39)/t18-,23-,24+,28+/m0/s1. The van der Waals surface area contributed by atoms with Crippen LogP contribution < -0.4 is 39.7 Å². The highest BCUT2D eigenvalue weighted by Gasteiger charge is 2.59. The number of benzene rings is 2. The van der Waals surface area contributed by atoms with Gasteiger partial charge in [0.15, 0.2) is 41.5 Å². The van der Waals surface area contributed by atoms with Gasteiger partial charge in [0, 0.05) is 28.3 Å². The van der Waals surface area contributed by atoms with Crippen LogP contribution >= 0.6 is 0 Å². The molecule has 20 heteroatoms. The van der Waals surface area contributed by atoms with Gasteiger partial charge in [-0.3, -0.25) is 14.3 Å². The van der Waals surface area contributed by atoms with Crippen LogP contribution in [0.2, 0.25) is 0 Å². The van der Waals surface area contributed by atoms with E-state index in [1.165, 1.54) is 20.3 Å². The van der Waals surface area contributed by atoms with Gasteiger partial charge in [0.05, 0.1) is 39.1 Å². The number of carbonyl (C=O) groups excluding carboxylic acids is 2. The maximum Gasteiger partial charge on any atom is 0.339 e. The van der Waals surface area contributed by atoms with Crippen molar-refractivity contribution in [1.29, 1.82) is 0 Å². The number of aliphatic hydroxyl groups excluding tert-OH is 1. The Bertz CT molecular complexity index is 1990. The van der Waals surface area contributed by atoms with E-state index in [2.05, 4.69) is 10.0 Å². The lowest BCUT2D eigenvalue weighted by atomic mass is 9.91. The van der Waals surface area contributed by atoms with Crippen LogP contribution in [0.15, 0.2) is 39.1 Å². The summed E-state index contributed by atoms with van der Waals surface area (Å²) in [5.41, 5.74) is 3.93. The SMILES string of the molecule is COC(=O)c1cc(OC)c2c(c1-c1c(C(=O)O[C@H]3[C@H](F)[C@H](n4ccc(=O)[nH]c4=O)O[C@@]3(CO)N=[N+]=[N-])cc(OC)c3c1OCO3)OCO2. The molecule has 2 N–H and O–H groups in total. The van der Waals surface area contributed by atoms with Crippen LogP contribution in [0.1, 0.15) is 26.9 Å². The Morgan fingerprint density at radius 1 is 1.02 bits per heavy atom. The Morgan fingerprint density at radius 2 is 1.58 bits per heavy atom. The summed E-state index contributed by atoms with van der Waals surface area (Å²) in [6, 6.07) is 3.33. The summed E-state index contributed by atoms with van der Waals surface area (Å²) in [4.78, 5) is 56.0. The molecule has 0 amide bonds. The number of nitrogens with one attached hydrogen (secondary N) is 1. The van der Waals surface area contributed by atoms with Crippen molar-refractivity contribution in [2.45, 2.75) is 24.2 Å².